The van der Waals surface area contributed by atoms with Crippen molar-refractivity contribution in [2.45, 2.75) is 0 Å². The van der Waals surface area contributed by atoms with Gasteiger partial charge >= 0.3 is 0 Å². The first-order chi connectivity index (χ1) is 7.26. The molecule has 1 aromatic heterocycles. The molecule has 5 heteroatoms. The van der Waals surface area contributed by atoms with Crippen molar-refractivity contribution >= 4 is 28.8 Å². The molecule has 0 radical (unpaired) electrons. The quantitative estimate of drug-likeness (QED) is 0.731. The molecule has 0 bridgehead atoms. The molecule has 1 aromatic carbocycles. The van der Waals surface area contributed by atoms with Crippen molar-refractivity contribution in [2.24, 2.45) is 0 Å². The van der Waals surface area contributed by atoms with Gasteiger partial charge in [0.05, 0.1) is 23.0 Å². The molecule has 2 aromatic rings. The van der Waals surface area contributed by atoms with E-state index < -0.39 is 0 Å². The van der Waals surface area contributed by atoms with Gasteiger partial charge in [-0.2, -0.15) is 4.98 Å². The minimum absolute atomic E-state index is 0.0848. The van der Waals surface area contributed by atoms with Crippen LogP contribution in [0.25, 0.3) is 10.9 Å². The molecule has 76 valence electrons. The SMILES string of the molecule is COc1nc(C=O)nc2cccc(Cl)c12. The maximum Gasteiger partial charge on any atom is 0.226 e. The van der Waals surface area contributed by atoms with Crippen LogP contribution in [0, 0.1) is 0 Å². The van der Waals surface area contributed by atoms with Crippen LogP contribution in [0.2, 0.25) is 5.02 Å². The number of nitrogens with zero attached hydrogens (tertiary/aromatic N) is 2. The van der Waals surface area contributed by atoms with Gasteiger partial charge < -0.3 is 4.74 Å². The summed E-state index contributed by atoms with van der Waals surface area (Å²) in [6, 6.07) is 5.22. The summed E-state index contributed by atoms with van der Waals surface area (Å²) in [5, 5.41) is 1.12. The Morgan fingerprint density at radius 1 is 1.40 bits per heavy atom. The van der Waals surface area contributed by atoms with E-state index in [-0.39, 0.29) is 5.82 Å². The average Bonchev–Trinajstić information content (AvgIpc) is 2.27. The van der Waals surface area contributed by atoms with E-state index in [1.54, 1.807) is 18.2 Å². The number of carbonyl (C=O) groups is 1. The molecule has 0 unspecified atom stereocenters. The molecule has 4 nitrogen and oxygen atoms in total. The van der Waals surface area contributed by atoms with E-state index >= 15 is 0 Å². The van der Waals surface area contributed by atoms with Crippen LogP contribution < -0.4 is 4.74 Å². The number of ether oxygens (including phenoxy) is 1. The van der Waals surface area contributed by atoms with Gasteiger partial charge in [0.2, 0.25) is 5.88 Å². The largest absolute Gasteiger partial charge is 0.480 e. The fourth-order valence-corrected chi connectivity index (χ4v) is 1.58. The summed E-state index contributed by atoms with van der Waals surface area (Å²) in [4.78, 5) is 18.5. The lowest BCUT2D eigenvalue weighted by molar-refractivity contribution is 0.111. The number of halogens is 1. The lowest BCUT2D eigenvalue weighted by Gasteiger charge is -2.05. The molecule has 0 saturated heterocycles. The molecule has 0 aliphatic heterocycles. The van der Waals surface area contributed by atoms with Crippen molar-refractivity contribution in [3.05, 3.63) is 29.0 Å². The highest BCUT2D eigenvalue weighted by Gasteiger charge is 2.10. The maximum atomic E-state index is 10.6. The van der Waals surface area contributed by atoms with Gasteiger partial charge in [-0.05, 0) is 12.1 Å². The second kappa shape index (κ2) is 3.82. The van der Waals surface area contributed by atoms with E-state index in [1.807, 2.05) is 0 Å². The predicted octanol–water partition coefficient (Wildman–Crippen LogP) is 2.10. The van der Waals surface area contributed by atoms with Gasteiger partial charge in [-0.15, -0.1) is 0 Å². The summed E-state index contributed by atoms with van der Waals surface area (Å²) in [6.07, 6.45) is 0.572. The molecule has 15 heavy (non-hydrogen) atoms. The van der Waals surface area contributed by atoms with E-state index in [1.165, 1.54) is 7.11 Å². The normalized spacial score (nSPS) is 10.3. The first kappa shape index (κ1) is 9.86. The Morgan fingerprint density at radius 2 is 2.20 bits per heavy atom. The summed E-state index contributed by atoms with van der Waals surface area (Å²) in [6.45, 7) is 0. The zero-order valence-electron chi connectivity index (χ0n) is 7.90. The lowest BCUT2D eigenvalue weighted by atomic mass is 10.2. The van der Waals surface area contributed by atoms with E-state index in [9.17, 15) is 4.79 Å². The molecule has 0 aliphatic rings. The van der Waals surface area contributed by atoms with Crippen molar-refractivity contribution in [2.75, 3.05) is 7.11 Å². The number of rotatable bonds is 2. The number of hydrogen-bond acceptors (Lipinski definition) is 4. The molecule has 0 saturated carbocycles. The molecule has 1 heterocycles. The van der Waals surface area contributed by atoms with E-state index in [4.69, 9.17) is 16.3 Å². The van der Waals surface area contributed by atoms with Gasteiger partial charge in [-0.1, -0.05) is 17.7 Å². The summed E-state index contributed by atoms with van der Waals surface area (Å²) >= 11 is 5.99. The van der Waals surface area contributed by atoms with Crippen molar-refractivity contribution in [1.29, 1.82) is 0 Å². The van der Waals surface area contributed by atoms with Gasteiger partial charge in [0.1, 0.15) is 0 Å². The van der Waals surface area contributed by atoms with Gasteiger partial charge in [-0.3, -0.25) is 4.79 Å². The van der Waals surface area contributed by atoms with E-state index in [0.717, 1.165) is 0 Å². The van der Waals surface area contributed by atoms with Crippen LogP contribution in [0.5, 0.6) is 5.88 Å². The zero-order chi connectivity index (χ0) is 10.8. The number of benzene rings is 1. The van der Waals surface area contributed by atoms with Crippen LogP contribution >= 0.6 is 11.6 Å². The summed E-state index contributed by atoms with van der Waals surface area (Å²) in [5.74, 6) is 0.398. The predicted molar refractivity (Wildman–Crippen MR) is 56.5 cm³/mol. The Kier molecular flexibility index (Phi) is 2.51. The molecule has 0 N–H and O–H groups in total. The zero-order valence-corrected chi connectivity index (χ0v) is 8.65. The molecule has 0 aliphatic carbocycles. The van der Waals surface area contributed by atoms with Gasteiger partial charge in [0.25, 0.3) is 0 Å². The van der Waals surface area contributed by atoms with Crippen molar-refractivity contribution < 1.29 is 9.53 Å². The third kappa shape index (κ3) is 1.64. The van der Waals surface area contributed by atoms with Gasteiger partial charge in [0, 0.05) is 0 Å². The van der Waals surface area contributed by atoms with Crippen LogP contribution in [-0.4, -0.2) is 23.4 Å². The Labute approximate surface area is 90.9 Å². The Bertz CT molecular complexity index is 528. The Hall–Kier alpha value is -1.68. The van der Waals surface area contributed by atoms with Crippen molar-refractivity contribution in [3.63, 3.8) is 0 Å². The Morgan fingerprint density at radius 3 is 2.87 bits per heavy atom. The first-order valence-electron chi connectivity index (χ1n) is 4.21. The number of hydrogen-bond donors (Lipinski definition) is 0. The van der Waals surface area contributed by atoms with Gasteiger partial charge in [-0.25, -0.2) is 4.98 Å². The molecule has 0 spiro atoms. The number of fused-ring (bicyclic) bond motifs is 1. The molecular formula is C10H7ClN2O2. The third-order valence-corrected chi connectivity index (χ3v) is 2.27. The van der Waals surface area contributed by atoms with Crippen LogP contribution in [0.4, 0.5) is 0 Å². The smallest absolute Gasteiger partial charge is 0.226 e. The third-order valence-electron chi connectivity index (χ3n) is 1.96. The van der Waals surface area contributed by atoms with Crippen LogP contribution in [0.3, 0.4) is 0 Å². The fourth-order valence-electron chi connectivity index (χ4n) is 1.33. The van der Waals surface area contributed by atoms with Crippen molar-refractivity contribution in [1.82, 2.24) is 9.97 Å². The van der Waals surface area contributed by atoms with E-state index in [2.05, 4.69) is 9.97 Å². The molecular weight excluding hydrogens is 216 g/mol. The molecule has 0 atom stereocenters. The number of aldehydes is 1. The Balaban J connectivity index is 2.86. The minimum Gasteiger partial charge on any atom is -0.480 e. The molecule has 0 fully saturated rings. The average molecular weight is 223 g/mol. The van der Waals surface area contributed by atoms with Crippen LogP contribution in [0.1, 0.15) is 10.6 Å². The monoisotopic (exact) mass is 222 g/mol. The topological polar surface area (TPSA) is 52.1 Å². The maximum absolute atomic E-state index is 10.6. The summed E-state index contributed by atoms with van der Waals surface area (Å²) in [5.41, 5.74) is 0.594. The lowest BCUT2D eigenvalue weighted by Crippen LogP contribution is -1.98. The number of methoxy groups -OCH3 is 1. The highest BCUT2D eigenvalue weighted by atomic mass is 35.5. The highest BCUT2D eigenvalue weighted by molar-refractivity contribution is 6.35. The highest BCUT2D eigenvalue weighted by Crippen LogP contribution is 2.28. The van der Waals surface area contributed by atoms with Crippen molar-refractivity contribution in [3.8, 4) is 5.88 Å². The first-order valence-corrected chi connectivity index (χ1v) is 4.59. The van der Waals surface area contributed by atoms with E-state index in [0.29, 0.717) is 28.1 Å². The summed E-state index contributed by atoms with van der Waals surface area (Å²) in [7, 11) is 1.47. The standard InChI is InChI=1S/C10H7ClN2O2/c1-15-10-9-6(11)3-2-4-7(9)12-8(5-14)13-10/h2-5H,1H3. The molecule has 0 amide bonds. The van der Waals surface area contributed by atoms with Gasteiger partial charge in [0.15, 0.2) is 12.1 Å². The van der Waals surface area contributed by atoms with Crippen LogP contribution in [0.15, 0.2) is 18.2 Å². The second-order valence-corrected chi connectivity index (χ2v) is 3.25. The summed E-state index contributed by atoms with van der Waals surface area (Å²) < 4.78 is 5.06. The number of carbonyl (C=O) groups excluding carboxylic acids is 1. The number of aromatic nitrogens is 2. The second-order valence-electron chi connectivity index (χ2n) is 2.84. The van der Waals surface area contributed by atoms with Crippen LogP contribution in [-0.2, 0) is 0 Å². The molecule has 2 rings (SSSR count). The minimum atomic E-state index is 0.0848. The fraction of sp³-hybridized carbons (Fsp3) is 0.100.